The predicted octanol–water partition coefficient (Wildman–Crippen LogP) is 2.29. The van der Waals surface area contributed by atoms with E-state index in [9.17, 15) is 17.9 Å². The minimum Gasteiger partial charge on any atom is -0.387 e. The summed E-state index contributed by atoms with van der Waals surface area (Å²) >= 11 is 0. The second-order valence-corrected chi connectivity index (χ2v) is 9.63. The lowest BCUT2D eigenvalue weighted by molar-refractivity contribution is 0.148. The number of hydrogen-bond donors (Lipinski definition) is 2. The first kappa shape index (κ1) is 20.3. The van der Waals surface area contributed by atoms with Gasteiger partial charge in [0.2, 0.25) is 10.0 Å². The molecule has 0 aliphatic carbocycles. The molecule has 1 atom stereocenters. The van der Waals surface area contributed by atoms with E-state index in [0.717, 1.165) is 19.3 Å². The van der Waals surface area contributed by atoms with Crippen LogP contribution in [0, 0.1) is 11.7 Å². The number of halogens is 1. The van der Waals surface area contributed by atoms with Gasteiger partial charge in [0, 0.05) is 25.2 Å². The van der Waals surface area contributed by atoms with Crippen molar-refractivity contribution in [2.75, 3.05) is 25.9 Å². The summed E-state index contributed by atoms with van der Waals surface area (Å²) in [7, 11) is -3.09. The normalized spacial score (nSPS) is 19.1. The molecule has 0 spiro atoms. The molecule has 0 bridgehead atoms. The Hall–Kier alpha value is -1.02. The van der Waals surface area contributed by atoms with Gasteiger partial charge in [0.05, 0.1) is 12.4 Å². The third kappa shape index (κ3) is 6.33. The van der Waals surface area contributed by atoms with E-state index < -0.39 is 16.1 Å². The fraction of sp³-hybridized carbons (Fsp3) is 0.667. The minimum absolute atomic E-state index is 0.188. The zero-order valence-electron chi connectivity index (χ0n) is 15.2. The van der Waals surface area contributed by atoms with E-state index >= 15 is 0 Å². The standard InChI is InChI=1S/C18H29FN2O3S/c1-18(2,12-14-7-9-21(10-8-14)25(3,23)24)20-13-17(22)15-5-4-6-16(19)11-15/h4-6,11,14,17,20,22H,7-10,12-13H2,1-3H3/t17-/m0/s1. The van der Waals surface area contributed by atoms with Crippen LogP contribution in [0.1, 0.15) is 44.8 Å². The molecule has 0 amide bonds. The number of aliphatic hydroxyl groups is 1. The van der Waals surface area contributed by atoms with Gasteiger partial charge in [0.25, 0.3) is 0 Å². The van der Waals surface area contributed by atoms with Crippen molar-refractivity contribution >= 4 is 10.0 Å². The first-order valence-corrected chi connectivity index (χ1v) is 10.6. The predicted molar refractivity (Wildman–Crippen MR) is 97.2 cm³/mol. The molecule has 1 fully saturated rings. The second-order valence-electron chi connectivity index (χ2n) is 7.65. The highest BCUT2D eigenvalue weighted by atomic mass is 32.2. The minimum atomic E-state index is -3.09. The lowest BCUT2D eigenvalue weighted by atomic mass is 9.85. The molecule has 2 N–H and O–H groups in total. The molecule has 1 aromatic carbocycles. The van der Waals surface area contributed by atoms with Crippen LogP contribution in [0.4, 0.5) is 4.39 Å². The van der Waals surface area contributed by atoms with E-state index in [0.29, 0.717) is 31.1 Å². The second kappa shape index (κ2) is 8.12. The van der Waals surface area contributed by atoms with Crippen LogP contribution >= 0.6 is 0 Å². The summed E-state index contributed by atoms with van der Waals surface area (Å²) in [4.78, 5) is 0. The van der Waals surface area contributed by atoms with Gasteiger partial charge in [0.15, 0.2) is 0 Å². The monoisotopic (exact) mass is 372 g/mol. The molecule has 1 aromatic rings. The summed E-state index contributed by atoms with van der Waals surface area (Å²) in [6.45, 7) is 5.65. The van der Waals surface area contributed by atoms with Gasteiger partial charge in [-0.3, -0.25) is 0 Å². The van der Waals surface area contributed by atoms with Gasteiger partial charge in [-0.05, 0) is 56.7 Å². The van der Waals surface area contributed by atoms with Crippen molar-refractivity contribution in [2.24, 2.45) is 5.92 Å². The third-order valence-corrected chi connectivity index (χ3v) is 6.15. The molecule has 1 aliphatic heterocycles. The molecular formula is C18H29FN2O3S. The van der Waals surface area contributed by atoms with Crippen LogP contribution in [0.5, 0.6) is 0 Å². The highest BCUT2D eigenvalue weighted by Gasteiger charge is 2.29. The summed E-state index contributed by atoms with van der Waals surface area (Å²) < 4.78 is 37.9. The molecule has 0 unspecified atom stereocenters. The molecular weight excluding hydrogens is 343 g/mol. The van der Waals surface area contributed by atoms with Crippen molar-refractivity contribution in [1.82, 2.24) is 9.62 Å². The molecule has 25 heavy (non-hydrogen) atoms. The van der Waals surface area contributed by atoms with Gasteiger partial charge in [-0.25, -0.2) is 17.1 Å². The number of sulfonamides is 1. The first-order valence-electron chi connectivity index (χ1n) is 8.70. The number of benzene rings is 1. The Morgan fingerprint density at radius 1 is 1.36 bits per heavy atom. The molecule has 2 rings (SSSR count). The highest BCUT2D eigenvalue weighted by molar-refractivity contribution is 7.88. The molecule has 7 heteroatoms. The number of rotatable bonds is 7. The number of nitrogens with one attached hydrogen (secondary N) is 1. The van der Waals surface area contributed by atoms with E-state index in [1.165, 1.54) is 22.7 Å². The fourth-order valence-electron chi connectivity index (χ4n) is 3.44. The first-order chi connectivity index (χ1) is 11.6. The lowest BCUT2D eigenvalue weighted by Crippen LogP contribution is -2.45. The zero-order chi connectivity index (χ0) is 18.7. The van der Waals surface area contributed by atoms with Crippen LogP contribution < -0.4 is 5.32 Å². The Bertz CT molecular complexity index is 671. The van der Waals surface area contributed by atoms with Crippen LogP contribution in [-0.4, -0.2) is 49.3 Å². The maximum atomic E-state index is 13.2. The molecule has 0 saturated carbocycles. The Morgan fingerprint density at radius 2 is 2.00 bits per heavy atom. The summed E-state index contributed by atoms with van der Waals surface area (Å²) in [5.74, 6) is 0.0975. The van der Waals surface area contributed by atoms with E-state index in [4.69, 9.17) is 0 Å². The van der Waals surface area contributed by atoms with E-state index in [2.05, 4.69) is 19.2 Å². The molecule has 0 radical (unpaired) electrons. The van der Waals surface area contributed by atoms with Crippen LogP contribution in [0.15, 0.2) is 24.3 Å². The number of piperidine rings is 1. The maximum absolute atomic E-state index is 13.2. The van der Waals surface area contributed by atoms with Crippen molar-refractivity contribution in [2.45, 2.75) is 44.8 Å². The van der Waals surface area contributed by atoms with Gasteiger partial charge in [-0.2, -0.15) is 0 Å². The summed E-state index contributed by atoms with van der Waals surface area (Å²) in [6, 6.07) is 6.01. The Morgan fingerprint density at radius 3 is 2.56 bits per heavy atom. The molecule has 1 heterocycles. The quantitative estimate of drug-likeness (QED) is 0.770. The van der Waals surface area contributed by atoms with Crippen molar-refractivity contribution in [1.29, 1.82) is 0 Å². The summed E-state index contributed by atoms with van der Waals surface area (Å²) in [5, 5.41) is 13.6. The highest BCUT2D eigenvalue weighted by Crippen LogP contribution is 2.27. The number of aliphatic hydroxyl groups excluding tert-OH is 1. The van der Waals surface area contributed by atoms with Crippen LogP contribution in [0.3, 0.4) is 0 Å². The lowest BCUT2D eigenvalue weighted by Gasteiger charge is -2.36. The average molecular weight is 373 g/mol. The number of β-amino-alcohol motifs (C(OH)–C–C–N with tert-alkyl or cyclic N) is 1. The molecule has 5 nitrogen and oxygen atoms in total. The maximum Gasteiger partial charge on any atom is 0.211 e. The van der Waals surface area contributed by atoms with Gasteiger partial charge in [-0.1, -0.05) is 12.1 Å². The third-order valence-electron chi connectivity index (χ3n) is 4.85. The molecule has 142 valence electrons. The Labute approximate surface area is 150 Å². The van der Waals surface area contributed by atoms with E-state index in [-0.39, 0.29) is 11.4 Å². The van der Waals surface area contributed by atoms with Crippen molar-refractivity contribution in [3.8, 4) is 0 Å². The van der Waals surface area contributed by atoms with E-state index in [1.807, 2.05) is 0 Å². The summed E-state index contributed by atoms with van der Waals surface area (Å²) in [6.07, 6.45) is 3.10. The Balaban J connectivity index is 1.82. The molecule has 1 saturated heterocycles. The molecule has 1 aliphatic rings. The van der Waals surface area contributed by atoms with E-state index in [1.54, 1.807) is 12.1 Å². The van der Waals surface area contributed by atoms with Crippen molar-refractivity contribution < 1.29 is 17.9 Å². The van der Waals surface area contributed by atoms with Crippen molar-refractivity contribution in [3.63, 3.8) is 0 Å². The largest absolute Gasteiger partial charge is 0.387 e. The summed E-state index contributed by atoms with van der Waals surface area (Å²) in [5.41, 5.74) is 0.372. The van der Waals surface area contributed by atoms with Crippen LogP contribution in [-0.2, 0) is 10.0 Å². The molecule has 0 aromatic heterocycles. The Kier molecular flexibility index (Phi) is 6.59. The fourth-order valence-corrected chi connectivity index (χ4v) is 4.32. The van der Waals surface area contributed by atoms with Gasteiger partial charge >= 0.3 is 0 Å². The number of hydrogen-bond acceptors (Lipinski definition) is 4. The topological polar surface area (TPSA) is 69.6 Å². The number of nitrogens with zero attached hydrogens (tertiary/aromatic N) is 1. The smallest absolute Gasteiger partial charge is 0.211 e. The average Bonchev–Trinajstić information content (AvgIpc) is 2.52. The van der Waals surface area contributed by atoms with Crippen LogP contribution in [0.2, 0.25) is 0 Å². The van der Waals surface area contributed by atoms with Gasteiger partial charge < -0.3 is 10.4 Å². The van der Waals surface area contributed by atoms with Crippen LogP contribution in [0.25, 0.3) is 0 Å². The van der Waals surface area contributed by atoms with Gasteiger partial charge in [0.1, 0.15) is 5.82 Å². The van der Waals surface area contributed by atoms with Gasteiger partial charge in [-0.15, -0.1) is 0 Å². The van der Waals surface area contributed by atoms with Crippen molar-refractivity contribution in [3.05, 3.63) is 35.6 Å². The SMILES string of the molecule is CC(C)(CC1CCN(S(C)(=O)=O)CC1)NC[C@H](O)c1cccc(F)c1. The zero-order valence-corrected chi connectivity index (χ0v) is 16.0.